The van der Waals surface area contributed by atoms with Crippen molar-refractivity contribution >= 4 is 110 Å². The Hall–Kier alpha value is -11.0. The predicted octanol–water partition coefficient (Wildman–Crippen LogP) is 18.3. The molecule has 12 nitrogen and oxygen atoms in total. The molecule has 0 aliphatic heterocycles. The summed E-state index contributed by atoms with van der Waals surface area (Å²) >= 11 is 0. The number of furan rings is 2. The average molecular weight is 1360 g/mol. The van der Waals surface area contributed by atoms with Crippen molar-refractivity contribution in [2.45, 2.75) is 59.8 Å². The van der Waals surface area contributed by atoms with Gasteiger partial charge in [-0.25, -0.2) is 19.5 Å². The van der Waals surface area contributed by atoms with Crippen LogP contribution in [0.2, 0.25) is 0 Å². The molecule has 0 aliphatic carbocycles. The van der Waals surface area contributed by atoms with Crippen molar-refractivity contribution < 1.29 is 48.3 Å². The molecule has 10 aromatic carbocycles. The van der Waals surface area contributed by atoms with Crippen LogP contribution >= 0.6 is 0 Å². The lowest BCUT2D eigenvalue weighted by Crippen LogP contribution is -3.00. The van der Waals surface area contributed by atoms with E-state index < -0.39 is 0 Å². The first kappa shape index (κ1) is 60.2. The summed E-state index contributed by atoms with van der Waals surface area (Å²) < 4.78 is 36.5. The minimum atomic E-state index is 0. The molecule has 468 valence electrons. The third kappa shape index (κ3) is 10.3. The van der Waals surface area contributed by atoms with Gasteiger partial charge in [0.05, 0.1) is 40.3 Å². The smallest absolute Gasteiger partial charge is 0.249 e. The van der Waals surface area contributed by atoms with Gasteiger partial charge >= 0.3 is 0 Å². The highest BCUT2D eigenvalue weighted by Gasteiger charge is 2.25. The van der Waals surface area contributed by atoms with E-state index in [9.17, 15) is 0 Å². The molecule has 0 bridgehead atoms. The van der Waals surface area contributed by atoms with Gasteiger partial charge in [-0.15, -0.1) is 0 Å². The number of nitrogens with zero attached hydrogens (tertiary/aromatic N) is 8. The summed E-state index contributed by atoms with van der Waals surface area (Å²) in [5, 5.41) is 9.09. The number of halogens is 1. The molecule has 18 aromatic rings. The zero-order valence-electron chi connectivity index (χ0n) is 52.8. The van der Waals surface area contributed by atoms with Crippen molar-refractivity contribution in [3.63, 3.8) is 0 Å². The van der Waals surface area contributed by atoms with Crippen LogP contribution in [0.5, 0.6) is 23.0 Å². The van der Waals surface area contributed by atoms with Crippen LogP contribution < -0.4 is 38.0 Å². The van der Waals surface area contributed by atoms with E-state index in [0.29, 0.717) is 0 Å². The van der Waals surface area contributed by atoms with Crippen LogP contribution in [0, 0.1) is 0 Å². The first-order valence-electron chi connectivity index (χ1n) is 31.4. The lowest BCUT2D eigenvalue weighted by Gasteiger charge is -2.20. The van der Waals surface area contributed by atoms with Gasteiger partial charge in [-0.1, -0.05) is 134 Å². The predicted molar refractivity (Wildman–Crippen MR) is 384 cm³/mol. The fourth-order valence-electron chi connectivity index (χ4n) is 13.5. The molecule has 0 saturated heterocycles. The van der Waals surface area contributed by atoms with Crippen molar-refractivity contribution in [1.82, 2.24) is 33.2 Å². The first-order chi connectivity index (χ1) is 45.3. The number of para-hydroxylation sites is 4. The highest BCUT2D eigenvalue weighted by molar-refractivity contribution is 6.15. The van der Waals surface area contributed by atoms with E-state index in [1.807, 2.05) is 91.5 Å². The van der Waals surface area contributed by atoms with Crippen LogP contribution in [0.1, 0.15) is 61.5 Å². The molecule has 95 heavy (non-hydrogen) atoms. The van der Waals surface area contributed by atoms with Crippen LogP contribution in [0.15, 0.2) is 264 Å². The lowest BCUT2D eigenvalue weighted by molar-refractivity contribution is -0.644. The second-order valence-electron chi connectivity index (χ2n) is 26.1. The van der Waals surface area contributed by atoms with Crippen LogP contribution in [-0.2, 0) is 17.9 Å². The Balaban J connectivity index is 0.000000160. The number of benzene rings is 10. The number of rotatable bonds is 8. The Morgan fingerprint density at radius 2 is 0.832 bits per heavy atom. The molecule has 0 spiro atoms. The van der Waals surface area contributed by atoms with Gasteiger partial charge in [0.2, 0.25) is 11.8 Å². The van der Waals surface area contributed by atoms with E-state index in [1.165, 1.54) is 21.9 Å². The molecule has 8 aromatic heterocycles. The molecule has 13 heteroatoms. The standard InChI is InChI=1S/C41H33N4O2.C40H30N4O2.CH4.HI.H2/c1-41(2,3)26-20-21-42-38(22-26)45-34-14-7-5-12-30(34)31-17-16-29(24-36(31)45)46-28-11-9-10-27(23-28)44-25-43(4)39-35(44)19-18-33-32-13-6-8-15-37(32)47-40(33)39;1-40(2,3)25-19-20-41-37(21-25)44-33-13-6-4-11-29(33)30-16-15-28(23-35(30)44)45-27-10-8-9-26(22-27)43-24-42-38-34(43)18-17-32-31-12-5-7-14-36(31)46-39(32)38;;;/h5-25H,1-4H3;4-24H,1-3H3;1H4;2*1H/q+1;;;;/p-1/i;;;;1+1. The monoisotopic (exact) mass is 1360 g/mol. The Labute approximate surface area is 567 Å². The van der Waals surface area contributed by atoms with E-state index in [-0.39, 0.29) is 43.7 Å². The summed E-state index contributed by atoms with van der Waals surface area (Å²) in [6.07, 6.45) is 7.76. The summed E-state index contributed by atoms with van der Waals surface area (Å²) in [4.78, 5) is 14.4. The number of imidazole rings is 2. The van der Waals surface area contributed by atoms with Crippen LogP contribution in [0.25, 0.3) is 133 Å². The SMILES string of the molecule is C.CC(C)(C)c1ccnc(-n2c3ccccc3c3ccc(Oc4cccc(-n5cnc6c7oc8ccccc8c7ccc65)c4)cc32)c1.C[n+]1cn(-c2cccc(Oc3ccc4c5ccccc5n(-c5cc(C(C)(C)C)ccn5)c4c3)c2)c2ccc3c4ccccc4oc3c21.[2HH].[I-]. The second-order valence-corrected chi connectivity index (χ2v) is 26.1. The fourth-order valence-corrected chi connectivity index (χ4v) is 13.5. The Kier molecular flexibility index (Phi) is 14.7. The van der Waals surface area contributed by atoms with Crippen molar-refractivity contribution in [2.75, 3.05) is 0 Å². The summed E-state index contributed by atoms with van der Waals surface area (Å²) in [5.74, 6) is 4.79. The van der Waals surface area contributed by atoms with E-state index in [2.05, 4.69) is 235 Å². The molecule has 0 amide bonds. The number of aryl methyl sites for hydroxylation is 1. The van der Waals surface area contributed by atoms with Gasteiger partial charge in [0.1, 0.15) is 63.3 Å². The molecule has 0 N–H and O–H groups in total. The molecule has 0 fully saturated rings. The number of hydrogen-bond acceptors (Lipinski definition) is 7. The first-order valence-corrected chi connectivity index (χ1v) is 31.4. The quantitative estimate of drug-likeness (QED) is 0.110. The summed E-state index contributed by atoms with van der Waals surface area (Å²) in [7, 11) is 2.06. The molecular weight excluding hydrogens is 1290 g/mol. The normalized spacial score (nSPS) is 12.0. The van der Waals surface area contributed by atoms with Crippen molar-refractivity contribution in [1.29, 1.82) is 0 Å². The maximum absolute atomic E-state index is 6.57. The van der Waals surface area contributed by atoms with Crippen LogP contribution in [-0.4, -0.2) is 33.2 Å². The minimum absolute atomic E-state index is 0. The maximum Gasteiger partial charge on any atom is 0.249 e. The zero-order chi connectivity index (χ0) is 62.9. The highest BCUT2D eigenvalue weighted by Crippen LogP contribution is 2.41. The van der Waals surface area contributed by atoms with E-state index in [0.717, 1.165) is 145 Å². The average Bonchev–Trinajstić information content (AvgIpc) is 1.61. The van der Waals surface area contributed by atoms with E-state index in [4.69, 9.17) is 33.3 Å². The molecule has 18 rings (SSSR count). The van der Waals surface area contributed by atoms with Gasteiger partial charge in [-0.2, -0.15) is 4.57 Å². The van der Waals surface area contributed by atoms with Crippen LogP contribution in [0.3, 0.4) is 0 Å². The number of ether oxygens (including phenoxy) is 2. The number of pyridine rings is 2. The largest absolute Gasteiger partial charge is 1.00 e. The topological polar surface area (TPSA) is 107 Å². The molecule has 0 atom stereocenters. The fraction of sp³-hybridized carbons (Fsp3) is 0.122. The molecule has 0 aliphatic rings. The van der Waals surface area contributed by atoms with Crippen molar-refractivity contribution in [3.05, 3.63) is 267 Å². The molecule has 8 heterocycles. The Morgan fingerprint density at radius 3 is 1.37 bits per heavy atom. The summed E-state index contributed by atoms with van der Waals surface area (Å²) in [6.45, 7) is 13.4. The van der Waals surface area contributed by atoms with Gasteiger partial charge in [0, 0.05) is 81.2 Å². The van der Waals surface area contributed by atoms with E-state index >= 15 is 0 Å². The second kappa shape index (κ2) is 23.2. The molecule has 0 unspecified atom stereocenters. The summed E-state index contributed by atoms with van der Waals surface area (Å²) in [5.41, 5.74) is 16.1. The van der Waals surface area contributed by atoms with Gasteiger partial charge in [-0.05, 0) is 143 Å². The number of fused-ring (bicyclic) bond motifs is 16. The molecule has 0 radical (unpaired) electrons. The third-order valence-corrected chi connectivity index (χ3v) is 18.1. The maximum atomic E-state index is 6.57. The highest BCUT2D eigenvalue weighted by atomic mass is 127. The van der Waals surface area contributed by atoms with Crippen molar-refractivity contribution in [2.24, 2.45) is 7.05 Å². The summed E-state index contributed by atoms with van der Waals surface area (Å²) in [6, 6.07) is 79.3. The number of aromatic nitrogens is 8. The van der Waals surface area contributed by atoms with Gasteiger partial charge < -0.3 is 42.3 Å². The van der Waals surface area contributed by atoms with E-state index in [1.54, 1.807) is 0 Å². The van der Waals surface area contributed by atoms with Gasteiger partial charge in [0.15, 0.2) is 16.7 Å². The molecular formula is C82H69IN8O4. The third-order valence-electron chi connectivity index (χ3n) is 18.1. The van der Waals surface area contributed by atoms with Gasteiger partial charge in [0.25, 0.3) is 0 Å². The zero-order valence-corrected chi connectivity index (χ0v) is 55.0. The van der Waals surface area contributed by atoms with Gasteiger partial charge in [-0.3, -0.25) is 13.7 Å². The Bertz CT molecular complexity index is 6030. The minimum Gasteiger partial charge on any atom is -1.00 e. The lowest BCUT2D eigenvalue weighted by atomic mass is 9.88. The Morgan fingerprint density at radius 1 is 0.389 bits per heavy atom. The van der Waals surface area contributed by atoms with Crippen LogP contribution in [0.4, 0.5) is 0 Å². The van der Waals surface area contributed by atoms with Crippen molar-refractivity contribution in [3.8, 4) is 46.0 Å². The number of hydrogen-bond donors (Lipinski definition) is 0. The molecule has 0 saturated carbocycles.